The maximum absolute atomic E-state index is 12.3. The minimum absolute atomic E-state index is 0.0136. The molecule has 8 nitrogen and oxygen atoms in total. The normalized spacial score (nSPS) is 10.9. The average Bonchev–Trinajstić information content (AvgIpc) is 3.10. The predicted molar refractivity (Wildman–Crippen MR) is 104 cm³/mol. The third-order valence-electron chi connectivity index (χ3n) is 4.02. The number of nitrogens with zero attached hydrogens (tertiary/aromatic N) is 4. The van der Waals surface area contributed by atoms with Gasteiger partial charge in [0.15, 0.2) is 0 Å². The molecule has 0 fully saturated rings. The van der Waals surface area contributed by atoms with Crippen LogP contribution >= 0.6 is 11.6 Å². The molecule has 0 unspecified atom stereocenters. The highest BCUT2D eigenvalue weighted by molar-refractivity contribution is 6.30. The van der Waals surface area contributed by atoms with Crippen molar-refractivity contribution in [2.75, 3.05) is 0 Å². The Morgan fingerprint density at radius 3 is 2.71 bits per heavy atom. The van der Waals surface area contributed by atoms with Crippen molar-refractivity contribution in [3.8, 4) is 17.4 Å². The van der Waals surface area contributed by atoms with Crippen LogP contribution in [0.15, 0.2) is 50.7 Å². The number of hydrogen-bond donors (Lipinski definition) is 0. The number of aromatic nitrogens is 1. The maximum Gasteiger partial charge on any atom is 0.289 e. The first-order valence-electron chi connectivity index (χ1n) is 8.03. The van der Waals surface area contributed by atoms with E-state index in [4.69, 9.17) is 21.3 Å². The summed E-state index contributed by atoms with van der Waals surface area (Å²) in [4.78, 5) is 23.0. The Hall–Kier alpha value is -3.70. The number of nitro groups is 1. The molecule has 0 aliphatic carbocycles. The quantitative estimate of drug-likeness (QED) is 0.375. The summed E-state index contributed by atoms with van der Waals surface area (Å²) in [5.41, 5.74) is 0.694. The molecule has 2 heterocycles. The maximum atomic E-state index is 12.3. The topological polar surface area (TPSA) is 114 Å². The number of pyridine rings is 1. The highest BCUT2D eigenvalue weighted by Gasteiger charge is 2.18. The highest BCUT2D eigenvalue weighted by atomic mass is 35.5. The van der Waals surface area contributed by atoms with E-state index in [2.05, 4.69) is 5.10 Å². The molecule has 3 rings (SSSR count). The Kier molecular flexibility index (Phi) is 5.11. The van der Waals surface area contributed by atoms with E-state index in [0.717, 1.165) is 4.68 Å². The summed E-state index contributed by atoms with van der Waals surface area (Å²) < 4.78 is 6.70. The Bertz CT molecular complexity index is 1220. The summed E-state index contributed by atoms with van der Waals surface area (Å²) in [5, 5.41) is 24.7. The lowest BCUT2D eigenvalue weighted by atomic mass is 10.1. The van der Waals surface area contributed by atoms with Crippen molar-refractivity contribution in [1.29, 1.82) is 5.26 Å². The number of rotatable bonds is 4. The highest BCUT2D eigenvalue weighted by Crippen LogP contribution is 2.33. The molecule has 0 aliphatic heterocycles. The molecule has 0 spiro atoms. The summed E-state index contributed by atoms with van der Waals surface area (Å²) >= 11 is 5.83. The van der Waals surface area contributed by atoms with Crippen molar-refractivity contribution in [1.82, 2.24) is 4.68 Å². The molecule has 1 aromatic carbocycles. The molecule has 0 atom stereocenters. The van der Waals surface area contributed by atoms with Gasteiger partial charge in [-0.25, -0.2) is 4.68 Å². The molecular weight excluding hydrogens is 384 g/mol. The van der Waals surface area contributed by atoms with E-state index in [-0.39, 0.29) is 33.4 Å². The number of nitro benzene ring substituents is 1. The molecule has 140 valence electrons. The number of benzene rings is 1. The Morgan fingerprint density at radius 2 is 2.04 bits per heavy atom. The largest absolute Gasteiger partial charge is 0.455 e. The van der Waals surface area contributed by atoms with Crippen LogP contribution in [0.2, 0.25) is 5.02 Å². The number of halogens is 1. The van der Waals surface area contributed by atoms with Crippen molar-refractivity contribution in [2.24, 2.45) is 5.10 Å². The van der Waals surface area contributed by atoms with Crippen LogP contribution in [0.4, 0.5) is 5.69 Å². The van der Waals surface area contributed by atoms with Gasteiger partial charge in [0.25, 0.3) is 11.2 Å². The number of nitriles is 1. The van der Waals surface area contributed by atoms with Gasteiger partial charge in [-0.1, -0.05) is 11.6 Å². The van der Waals surface area contributed by atoms with Crippen molar-refractivity contribution >= 4 is 23.5 Å². The first kappa shape index (κ1) is 19.1. The molecule has 2 aromatic heterocycles. The fraction of sp³-hybridized carbons (Fsp3) is 0.105. The van der Waals surface area contributed by atoms with Crippen LogP contribution in [0.3, 0.4) is 0 Å². The van der Waals surface area contributed by atoms with Gasteiger partial charge in [0.2, 0.25) is 0 Å². The van der Waals surface area contributed by atoms with Gasteiger partial charge in [-0.15, -0.1) is 0 Å². The summed E-state index contributed by atoms with van der Waals surface area (Å²) in [6.07, 6.45) is 1.30. The fourth-order valence-electron chi connectivity index (χ4n) is 2.71. The van der Waals surface area contributed by atoms with Crippen LogP contribution < -0.4 is 5.56 Å². The van der Waals surface area contributed by atoms with E-state index in [9.17, 15) is 14.9 Å². The van der Waals surface area contributed by atoms with Crippen LogP contribution in [0.25, 0.3) is 11.3 Å². The van der Waals surface area contributed by atoms with Crippen LogP contribution in [-0.4, -0.2) is 15.8 Å². The Labute approximate surface area is 164 Å². The van der Waals surface area contributed by atoms with Gasteiger partial charge in [-0.05, 0) is 49.7 Å². The standard InChI is InChI=1S/C19H13ClN4O4/c1-11-7-12(2)23(19(25)16(11)9-21)22-10-14-4-6-18(28-14)15-5-3-13(20)8-17(15)24(26)27/h3-8,10H,1-2H3/b22-10-. The summed E-state index contributed by atoms with van der Waals surface area (Å²) in [5.74, 6) is 0.542. The second kappa shape index (κ2) is 7.50. The zero-order chi connectivity index (χ0) is 20.4. The molecule has 3 aromatic rings. The average molecular weight is 397 g/mol. The SMILES string of the molecule is Cc1cc(C)n(/N=C\c2ccc(-c3ccc(Cl)cc3[N+](=O)[O-])o2)c(=O)c1C#N. The second-order valence-corrected chi connectivity index (χ2v) is 6.37. The van der Waals surface area contributed by atoms with Crippen LogP contribution in [0.1, 0.15) is 22.6 Å². The zero-order valence-electron chi connectivity index (χ0n) is 14.8. The van der Waals surface area contributed by atoms with Gasteiger partial charge in [-0.3, -0.25) is 14.9 Å². The van der Waals surface area contributed by atoms with E-state index < -0.39 is 10.5 Å². The number of aryl methyl sites for hydroxylation is 2. The molecule has 0 saturated heterocycles. The van der Waals surface area contributed by atoms with Crippen molar-refractivity contribution < 1.29 is 9.34 Å². The van der Waals surface area contributed by atoms with E-state index >= 15 is 0 Å². The molecule has 28 heavy (non-hydrogen) atoms. The first-order chi connectivity index (χ1) is 13.3. The van der Waals surface area contributed by atoms with Gasteiger partial charge in [-0.2, -0.15) is 10.4 Å². The molecule has 9 heteroatoms. The summed E-state index contributed by atoms with van der Waals surface area (Å²) in [6.45, 7) is 3.37. The molecule has 0 amide bonds. The smallest absolute Gasteiger partial charge is 0.289 e. The third-order valence-corrected chi connectivity index (χ3v) is 4.26. The minimum Gasteiger partial charge on any atom is -0.455 e. The first-order valence-corrected chi connectivity index (χ1v) is 8.41. The Balaban J connectivity index is 1.99. The lowest BCUT2D eigenvalue weighted by Crippen LogP contribution is -2.22. The monoisotopic (exact) mass is 396 g/mol. The molecule has 0 aliphatic rings. The minimum atomic E-state index is -0.546. The molecule has 0 N–H and O–H groups in total. The fourth-order valence-corrected chi connectivity index (χ4v) is 2.87. The predicted octanol–water partition coefficient (Wildman–Crippen LogP) is 4.04. The number of hydrogen-bond acceptors (Lipinski definition) is 6. The van der Waals surface area contributed by atoms with E-state index in [1.165, 1.54) is 24.4 Å². The van der Waals surface area contributed by atoms with Gasteiger partial charge in [0.1, 0.15) is 23.2 Å². The zero-order valence-corrected chi connectivity index (χ0v) is 15.6. The van der Waals surface area contributed by atoms with E-state index in [1.807, 2.05) is 6.07 Å². The van der Waals surface area contributed by atoms with Gasteiger partial charge >= 0.3 is 0 Å². The second-order valence-electron chi connectivity index (χ2n) is 5.94. The van der Waals surface area contributed by atoms with Gasteiger partial charge < -0.3 is 4.42 Å². The van der Waals surface area contributed by atoms with Crippen LogP contribution in [0, 0.1) is 35.3 Å². The lowest BCUT2D eigenvalue weighted by molar-refractivity contribution is -0.384. The van der Waals surface area contributed by atoms with E-state index in [0.29, 0.717) is 11.3 Å². The molecular formula is C19H13ClN4O4. The molecule has 0 saturated carbocycles. The molecule has 0 radical (unpaired) electrons. The number of furan rings is 1. The molecule has 0 bridgehead atoms. The van der Waals surface area contributed by atoms with E-state index in [1.54, 1.807) is 32.0 Å². The van der Waals surface area contributed by atoms with Crippen LogP contribution in [-0.2, 0) is 0 Å². The van der Waals surface area contributed by atoms with Crippen molar-refractivity contribution in [2.45, 2.75) is 13.8 Å². The summed E-state index contributed by atoms with van der Waals surface area (Å²) in [7, 11) is 0. The van der Waals surface area contributed by atoms with Gasteiger partial charge in [0, 0.05) is 16.8 Å². The van der Waals surface area contributed by atoms with Crippen molar-refractivity contribution in [3.63, 3.8) is 0 Å². The summed E-state index contributed by atoms with van der Waals surface area (Å²) in [6, 6.07) is 10.9. The Morgan fingerprint density at radius 1 is 1.29 bits per heavy atom. The van der Waals surface area contributed by atoms with Crippen molar-refractivity contribution in [3.05, 3.63) is 84.5 Å². The third kappa shape index (κ3) is 3.56. The lowest BCUT2D eigenvalue weighted by Gasteiger charge is -2.05. The van der Waals surface area contributed by atoms with Gasteiger partial charge in [0.05, 0.1) is 16.7 Å². The van der Waals surface area contributed by atoms with Crippen LogP contribution in [0.5, 0.6) is 0 Å².